The zero-order valence-electron chi connectivity index (χ0n) is 11.3. The van der Waals surface area contributed by atoms with Gasteiger partial charge in [-0.25, -0.2) is 8.42 Å². The number of aliphatic hydroxyl groups excluding tert-OH is 1. The van der Waals surface area contributed by atoms with Gasteiger partial charge in [0.1, 0.15) is 4.90 Å². The average molecular weight is 363 g/mol. The van der Waals surface area contributed by atoms with Crippen molar-refractivity contribution in [1.29, 1.82) is 0 Å². The summed E-state index contributed by atoms with van der Waals surface area (Å²) in [4.78, 5) is 0.0842. The molecule has 20 heavy (non-hydrogen) atoms. The van der Waals surface area contributed by atoms with Crippen molar-refractivity contribution in [2.45, 2.75) is 42.7 Å². The van der Waals surface area contributed by atoms with Crippen LogP contribution in [0.15, 0.2) is 27.6 Å². The Labute approximate surface area is 128 Å². The summed E-state index contributed by atoms with van der Waals surface area (Å²) < 4.78 is 27.2. The number of nitrogens with two attached hydrogens (primary N) is 1. The highest BCUT2D eigenvalue weighted by molar-refractivity contribution is 9.10. The van der Waals surface area contributed by atoms with E-state index in [1.165, 1.54) is 17.4 Å². The second-order valence-electron chi connectivity index (χ2n) is 5.12. The van der Waals surface area contributed by atoms with Crippen LogP contribution in [0.5, 0.6) is 0 Å². The highest BCUT2D eigenvalue weighted by Gasteiger charge is 2.35. The van der Waals surface area contributed by atoms with Crippen LogP contribution in [0.3, 0.4) is 0 Å². The van der Waals surface area contributed by atoms with Gasteiger partial charge in [0.2, 0.25) is 10.0 Å². The third kappa shape index (κ3) is 3.00. The minimum atomic E-state index is -3.69. The van der Waals surface area contributed by atoms with Gasteiger partial charge in [-0.15, -0.1) is 0 Å². The van der Waals surface area contributed by atoms with Gasteiger partial charge in [-0.05, 0) is 31.0 Å². The highest BCUT2D eigenvalue weighted by Crippen LogP contribution is 2.30. The molecule has 0 heterocycles. The Kier molecular flexibility index (Phi) is 4.73. The summed E-state index contributed by atoms with van der Waals surface area (Å²) in [6.45, 7) is 0. The number of hydrogen-bond acceptors (Lipinski definition) is 4. The third-order valence-electron chi connectivity index (χ3n) is 3.79. The van der Waals surface area contributed by atoms with Gasteiger partial charge < -0.3 is 10.8 Å². The second-order valence-corrected chi connectivity index (χ2v) is 8.00. The molecule has 0 radical (unpaired) electrons. The lowest BCUT2D eigenvalue weighted by atomic mass is 9.93. The molecule has 2 rings (SSSR count). The van der Waals surface area contributed by atoms with Gasteiger partial charge >= 0.3 is 0 Å². The first-order chi connectivity index (χ1) is 9.34. The maximum atomic E-state index is 12.6. The molecular formula is C13H19BrN2O3S. The summed E-state index contributed by atoms with van der Waals surface area (Å²) in [7, 11) is -2.18. The molecule has 1 aromatic carbocycles. The number of nitrogens with zero attached hydrogens (tertiary/aromatic N) is 1. The van der Waals surface area contributed by atoms with Crippen molar-refractivity contribution in [2.75, 3.05) is 12.8 Å². The molecule has 1 fully saturated rings. The summed E-state index contributed by atoms with van der Waals surface area (Å²) in [6, 6.07) is 4.32. The van der Waals surface area contributed by atoms with Crippen LogP contribution in [0.4, 0.5) is 5.69 Å². The van der Waals surface area contributed by atoms with Gasteiger partial charge in [-0.1, -0.05) is 28.8 Å². The number of likely N-dealkylation sites (N-methyl/N-ethyl adjacent to an activating group) is 1. The summed E-state index contributed by atoms with van der Waals surface area (Å²) in [5.41, 5.74) is 6.02. The standard InChI is InChI=1S/C13H19BrN2O3S/c1-16(11-4-2-3-5-12(11)17)20(18,19)13-7-6-9(14)8-10(13)15/h6-8,11-12,17H,2-5,15H2,1H3. The lowest BCUT2D eigenvalue weighted by molar-refractivity contribution is 0.0638. The van der Waals surface area contributed by atoms with Crippen molar-refractivity contribution in [2.24, 2.45) is 0 Å². The zero-order chi connectivity index (χ0) is 14.9. The molecule has 0 saturated heterocycles. The summed E-state index contributed by atoms with van der Waals surface area (Å²) in [5.74, 6) is 0. The lowest BCUT2D eigenvalue weighted by Gasteiger charge is -2.34. The van der Waals surface area contributed by atoms with E-state index in [9.17, 15) is 13.5 Å². The van der Waals surface area contributed by atoms with Gasteiger partial charge in [-0.2, -0.15) is 4.31 Å². The average Bonchev–Trinajstić information content (AvgIpc) is 2.38. The molecule has 7 heteroatoms. The normalized spacial score (nSPS) is 24.0. The minimum absolute atomic E-state index is 0.0842. The summed E-state index contributed by atoms with van der Waals surface area (Å²) in [6.07, 6.45) is 2.57. The molecule has 0 spiro atoms. The van der Waals surface area contributed by atoms with Crippen molar-refractivity contribution in [3.05, 3.63) is 22.7 Å². The Hall–Kier alpha value is -0.630. The topological polar surface area (TPSA) is 83.6 Å². The number of rotatable bonds is 3. The fourth-order valence-electron chi connectivity index (χ4n) is 2.60. The number of benzene rings is 1. The van der Waals surface area contributed by atoms with Crippen molar-refractivity contribution < 1.29 is 13.5 Å². The zero-order valence-corrected chi connectivity index (χ0v) is 13.7. The smallest absolute Gasteiger partial charge is 0.245 e. The minimum Gasteiger partial charge on any atom is -0.398 e. The van der Waals surface area contributed by atoms with Gasteiger partial charge in [0, 0.05) is 11.5 Å². The highest BCUT2D eigenvalue weighted by atomic mass is 79.9. The monoisotopic (exact) mass is 362 g/mol. The first-order valence-corrected chi connectivity index (χ1v) is 8.78. The number of anilines is 1. The van der Waals surface area contributed by atoms with Crippen molar-refractivity contribution in [3.63, 3.8) is 0 Å². The number of hydrogen-bond donors (Lipinski definition) is 2. The Bertz CT molecular complexity index is 591. The van der Waals surface area contributed by atoms with Gasteiger partial charge in [0.05, 0.1) is 17.8 Å². The van der Waals surface area contributed by atoms with Gasteiger partial charge in [0.25, 0.3) is 0 Å². The molecule has 5 nitrogen and oxygen atoms in total. The molecule has 112 valence electrons. The van der Waals surface area contributed by atoms with E-state index in [4.69, 9.17) is 5.73 Å². The van der Waals surface area contributed by atoms with Crippen LogP contribution in [0.2, 0.25) is 0 Å². The maximum absolute atomic E-state index is 12.6. The molecule has 1 aliphatic rings. The van der Waals surface area contributed by atoms with Crippen molar-refractivity contribution in [1.82, 2.24) is 4.31 Å². The van der Waals surface area contributed by atoms with Crippen LogP contribution in [-0.4, -0.2) is 37.0 Å². The molecule has 0 bridgehead atoms. The van der Waals surface area contributed by atoms with Crippen molar-refractivity contribution in [3.8, 4) is 0 Å². The number of sulfonamides is 1. The molecule has 0 aliphatic heterocycles. The first kappa shape index (κ1) is 15.8. The Balaban J connectivity index is 2.33. The summed E-state index contributed by atoms with van der Waals surface area (Å²) in [5, 5.41) is 10.0. The van der Waals surface area contributed by atoms with E-state index in [1.807, 2.05) is 0 Å². The third-order valence-corrected chi connectivity index (χ3v) is 6.24. The molecule has 2 atom stereocenters. The Morgan fingerprint density at radius 1 is 1.35 bits per heavy atom. The molecule has 2 unspecified atom stereocenters. The van der Waals surface area contributed by atoms with Crippen LogP contribution in [-0.2, 0) is 10.0 Å². The van der Waals surface area contributed by atoms with E-state index in [1.54, 1.807) is 12.1 Å². The summed E-state index contributed by atoms with van der Waals surface area (Å²) >= 11 is 3.26. The molecule has 0 aromatic heterocycles. The SMILES string of the molecule is CN(C1CCCCC1O)S(=O)(=O)c1ccc(Br)cc1N. The molecule has 0 amide bonds. The number of halogens is 1. The quantitative estimate of drug-likeness (QED) is 0.805. The van der Waals surface area contributed by atoms with Crippen LogP contribution in [0.1, 0.15) is 25.7 Å². The van der Waals surface area contributed by atoms with Crippen molar-refractivity contribution >= 4 is 31.6 Å². The van der Waals surface area contributed by atoms with E-state index >= 15 is 0 Å². The molecule has 1 aliphatic carbocycles. The number of aliphatic hydroxyl groups is 1. The van der Waals surface area contributed by atoms with E-state index < -0.39 is 16.1 Å². The number of nitrogen functional groups attached to an aromatic ring is 1. The van der Waals surface area contributed by atoms with Crippen LogP contribution >= 0.6 is 15.9 Å². The van der Waals surface area contributed by atoms with E-state index in [0.29, 0.717) is 12.8 Å². The van der Waals surface area contributed by atoms with Gasteiger partial charge in [-0.3, -0.25) is 0 Å². The van der Waals surface area contributed by atoms with Crippen LogP contribution in [0.25, 0.3) is 0 Å². The first-order valence-electron chi connectivity index (χ1n) is 6.55. The van der Waals surface area contributed by atoms with Gasteiger partial charge in [0.15, 0.2) is 0 Å². The lowest BCUT2D eigenvalue weighted by Crippen LogP contribution is -2.46. The van der Waals surface area contributed by atoms with Crippen LogP contribution < -0.4 is 5.73 Å². The molecule has 1 saturated carbocycles. The van der Waals surface area contributed by atoms with E-state index in [-0.39, 0.29) is 16.6 Å². The Morgan fingerprint density at radius 3 is 2.60 bits per heavy atom. The van der Waals surface area contributed by atoms with E-state index in [2.05, 4.69) is 15.9 Å². The molecular weight excluding hydrogens is 344 g/mol. The maximum Gasteiger partial charge on any atom is 0.245 e. The largest absolute Gasteiger partial charge is 0.398 e. The van der Waals surface area contributed by atoms with E-state index in [0.717, 1.165) is 17.3 Å². The van der Waals surface area contributed by atoms with Crippen LogP contribution in [0, 0.1) is 0 Å². The fraction of sp³-hybridized carbons (Fsp3) is 0.538. The predicted octanol–water partition coefficient (Wildman–Crippen LogP) is 1.96. The molecule has 1 aromatic rings. The Morgan fingerprint density at radius 2 is 2.00 bits per heavy atom. The molecule has 3 N–H and O–H groups in total. The fourth-order valence-corrected chi connectivity index (χ4v) is 4.49. The second kappa shape index (κ2) is 6.01. The predicted molar refractivity (Wildman–Crippen MR) is 81.8 cm³/mol.